The Kier molecular flexibility index (Phi) is 5.66. The number of nitrogens with one attached hydrogen (secondary N) is 2. The van der Waals surface area contributed by atoms with E-state index < -0.39 is 6.61 Å². The maximum absolute atomic E-state index is 12.4. The number of thiazole rings is 1. The number of aromatic nitrogens is 1. The summed E-state index contributed by atoms with van der Waals surface area (Å²) in [5, 5.41) is 8.09. The maximum Gasteiger partial charge on any atom is 0.387 e. The summed E-state index contributed by atoms with van der Waals surface area (Å²) in [4.78, 5) is 16.7. The van der Waals surface area contributed by atoms with Gasteiger partial charge in [-0.2, -0.15) is 8.78 Å². The van der Waals surface area contributed by atoms with E-state index in [0.717, 1.165) is 16.8 Å². The SMILES string of the molecule is Cc1cccc(C)c1NC(=O)c1csc(Nc2ccc(OC(F)F)cc2)n1. The summed E-state index contributed by atoms with van der Waals surface area (Å²) in [5.41, 5.74) is 3.67. The number of hydrogen-bond acceptors (Lipinski definition) is 5. The van der Waals surface area contributed by atoms with Gasteiger partial charge in [0.15, 0.2) is 5.13 Å². The zero-order valence-corrected chi connectivity index (χ0v) is 15.4. The predicted octanol–water partition coefficient (Wildman–Crippen LogP) is 5.36. The van der Waals surface area contributed by atoms with Gasteiger partial charge < -0.3 is 15.4 Å². The lowest BCUT2D eigenvalue weighted by atomic mass is 10.1. The zero-order chi connectivity index (χ0) is 19.4. The highest BCUT2D eigenvalue weighted by molar-refractivity contribution is 7.14. The van der Waals surface area contributed by atoms with Crippen molar-refractivity contribution in [3.8, 4) is 5.75 Å². The molecule has 5 nitrogen and oxygen atoms in total. The van der Waals surface area contributed by atoms with Crippen LogP contribution in [0.5, 0.6) is 5.75 Å². The second-order valence-corrected chi connectivity index (χ2v) is 6.64. The highest BCUT2D eigenvalue weighted by atomic mass is 32.1. The van der Waals surface area contributed by atoms with E-state index in [1.54, 1.807) is 17.5 Å². The van der Waals surface area contributed by atoms with Gasteiger partial charge in [-0.1, -0.05) is 18.2 Å². The van der Waals surface area contributed by atoms with E-state index in [2.05, 4.69) is 20.4 Å². The fourth-order valence-corrected chi connectivity index (χ4v) is 3.18. The molecule has 140 valence electrons. The van der Waals surface area contributed by atoms with Crippen LogP contribution in [-0.2, 0) is 0 Å². The number of benzene rings is 2. The Hall–Kier alpha value is -3.00. The van der Waals surface area contributed by atoms with Gasteiger partial charge in [-0.3, -0.25) is 4.79 Å². The van der Waals surface area contributed by atoms with E-state index in [-0.39, 0.29) is 11.7 Å². The van der Waals surface area contributed by atoms with Crippen molar-refractivity contribution in [2.45, 2.75) is 20.5 Å². The van der Waals surface area contributed by atoms with Gasteiger partial charge in [0, 0.05) is 16.8 Å². The number of ether oxygens (including phenoxy) is 1. The highest BCUT2D eigenvalue weighted by Crippen LogP contribution is 2.25. The molecule has 0 aliphatic carbocycles. The quantitative estimate of drug-likeness (QED) is 0.596. The Morgan fingerprint density at radius 2 is 1.78 bits per heavy atom. The average molecular weight is 389 g/mol. The van der Waals surface area contributed by atoms with E-state index in [4.69, 9.17) is 0 Å². The Morgan fingerprint density at radius 1 is 1.11 bits per heavy atom. The number of alkyl halides is 2. The fraction of sp³-hybridized carbons (Fsp3) is 0.158. The number of aryl methyl sites for hydroxylation is 2. The van der Waals surface area contributed by atoms with Crippen molar-refractivity contribution in [2.24, 2.45) is 0 Å². The number of halogens is 2. The van der Waals surface area contributed by atoms with Crippen molar-refractivity contribution in [1.82, 2.24) is 4.98 Å². The van der Waals surface area contributed by atoms with Gasteiger partial charge in [-0.15, -0.1) is 11.3 Å². The normalized spacial score (nSPS) is 10.7. The molecule has 0 aliphatic rings. The first kappa shape index (κ1) is 18.8. The molecule has 0 fully saturated rings. The van der Waals surface area contributed by atoms with Crippen LogP contribution in [0.15, 0.2) is 47.8 Å². The number of carbonyl (C=O) groups excluding carboxylic acids is 1. The molecule has 0 bridgehead atoms. The van der Waals surface area contributed by atoms with Crippen molar-refractivity contribution >= 4 is 33.8 Å². The number of amides is 1. The average Bonchev–Trinajstić information content (AvgIpc) is 3.08. The molecule has 0 saturated carbocycles. The van der Waals surface area contributed by atoms with Gasteiger partial charge in [-0.05, 0) is 49.2 Å². The van der Waals surface area contributed by atoms with Crippen LogP contribution in [-0.4, -0.2) is 17.5 Å². The number of carbonyl (C=O) groups is 1. The van der Waals surface area contributed by atoms with E-state index in [9.17, 15) is 13.6 Å². The minimum absolute atomic E-state index is 0.0726. The first-order valence-corrected chi connectivity index (χ1v) is 8.95. The standard InChI is InChI=1S/C19H17F2N3O2S/c1-11-4-3-5-12(2)16(11)24-17(25)15-10-27-19(23-15)22-13-6-8-14(9-7-13)26-18(20)21/h3-10,18H,1-2H3,(H,22,23)(H,24,25). The lowest BCUT2D eigenvalue weighted by Crippen LogP contribution is -2.14. The first-order chi connectivity index (χ1) is 12.9. The lowest BCUT2D eigenvalue weighted by molar-refractivity contribution is -0.0498. The third kappa shape index (κ3) is 4.79. The smallest absolute Gasteiger partial charge is 0.387 e. The second kappa shape index (κ2) is 8.13. The summed E-state index contributed by atoms with van der Waals surface area (Å²) in [6.07, 6.45) is 0. The Balaban J connectivity index is 1.66. The van der Waals surface area contributed by atoms with Gasteiger partial charge in [0.05, 0.1) is 0 Å². The number of anilines is 3. The number of rotatable bonds is 6. The fourth-order valence-electron chi connectivity index (χ4n) is 2.47. The molecule has 8 heteroatoms. The van der Waals surface area contributed by atoms with Gasteiger partial charge in [-0.25, -0.2) is 4.98 Å². The van der Waals surface area contributed by atoms with E-state index in [1.807, 2.05) is 32.0 Å². The van der Waals surface area contributed by atoms with Gasteiger partial charge in [0.25, 0.3) is 5.91 Å². The summed E-state index contributed by atoms with van der Waals surface area (Å²) in [6, 6.07) is 11.8. The molecule has 1 heterocycles. The molecular formula is C19H17F2N3O2S. The van der Waals surface area contributed by atoms with Gasteiger partial charge in [0.1, 0.15) is 11.4 Å². The minimum atomic E-state index is -2.86. The van der Waals surface area contributed by atoms with Crippen molar-refractivity contribution in [1.29, 1.82) is 0 Å². The minimum Gasteiger partial charge on any atom is -0.435 e. The van der Waals surface area contributed by atoms with E-state index in [1.165, 1.54) is 23.5 Å². The summed E-state index contributed by atoms with van der Waals surface area (Å²) in [7, 11) is 0. The van der Waals surface area contributed by atoms with Crippen LogP contribution in [0.1, 0.15) is 21.6 Å². The van der Waals surface area contributed by atoms with Gasteiger partial charge in [0.2, 0.25) is 0 Å². The third-order valence-corrected chi connectivity index (χ3v) is 4.54. The number of hydrogen-bond donors (Lipinski definition) is 2. The van der Waals surface area contributed by atoms with E-state index in [0.29, 0.717) is 16.5 Å². The van der Waals surface area contributed by atoms with Crippen LogP contribution >= 0.6 is 11.3 Å². The summed E-state index contributed by atoms with van der Waals surface area (Å²) < 4.78 is 28.6. The number of para-hydroxylation sites is 1. The molecule has 0 aliphatic heterocycles. The van der Waals surface area contributed by atoms with Crippen molar-refractivity contribution in [2.75, 3.05) is 10.6 Å². The molecule has 0 spiro atoms. The summed E-state index contributed by atoms with van der Waals surface area (Å²) in [6.45, 7) is 0.997. The third-order valence-electron chi connectivity index (χ3n) is 3.79. The molecule has 2 N–H and O–H groups in total. The topological polar surface area (TPSA) is 63.2 Å². The van der Waals surface area contributed by atoms with Crippen molar-refractivity contribution in [3.63, 3.8) is 0 Å². The summed E-state index contributed by atoms with van der Waals surface area (Å²) in [5.74, 6) is -0.222. The Morgan fingerprint density at radius 3 is 2.41 bits per heavy atom. The molecule has 1 aromatic heterocycles. The Bertz CT molecular complexity index is 922. The van der Waals surface area contributed by atoms with Crippen LogP contribution in [0.4, 0.5) is 25.3 Å². The summed E-state index contributed by atoms with van der Waals surface area (Å²) >= 11 is 1.27. The second-order valence-electron chi connectivity index (χ2n) is 5.79. The largest absolute Gasteiger partial charge is 0.435 e. The molecule has 0 atom stereocenters. The van der Waals surface area contributed by atoms with Crippen LogP contribution < -0.4 is 15.4 Å². The Labute approximate surface area is 159 Å². The predicted molar refractivity (Wildman–Crippen MR) is 102 cm³/mol. The molecular weight excluding hydrogens is 372 g/mol. The van der Waals surface area contributed by atoms with E-state index >= 15 is 0 Å². The molecule has 0 unspecified atom stereocenters. The van der Waals surface area contributed by atoms with Gasteiger partial charge >= 0.3 is 6.61 Å². The van der Waals surface area contributed by atoms with Crippen molar-refractivity contribution < 1.29 is 18.3 Å². The monoisotopic (exact) mass is 389 g/mol. The molecule has 2 aromatic carbocycles. The first-order valence-electron chi connectivity index (χ1n) is 8.07. The molecule has 3 rings (SSSR count). The molecule has 1 amide bonds. The number of nitrogens with zero attached hydrogens (tertiary/aromatic N) is 1. The molecule has 0 radical (unpaired) electrons. The van der Waals surface area contributed by atoms with Crippen LogP contribution in [0, 0.1) is 13.8 Å². The molecule has 27 heavy (non-hydrogen) atoms. The van der Waals surface area contributed by atoms with Crippen molar-refractivity contribution in [3.05, 3.63) is 64.7 Å². The lowest BCUT2D eigenvalue weighted by Gasteiger charge is -2.10. The zero-order valence-electron chi connectivity index (χ0n) is 14.6. The highest BCUT2D eigenvalue weighted by Gasteiger charge is 2.13. The van der Waals surface area contributed by atoms with Crippen LogP contribution in [0.3, 0.4) is 0 Å². The molecule has 3 aromatic rings. The van der Waals surface area contributed by atoms with Crippen LogP contribution in [0.25, 0.3) is 0 Å². The maximum atomic E-state index is 12.4. The molecule has 0 saturated heterocycles. The van der Waals surface area contributed by atoms with Crippen LogP contribution in [0.2, 0.25) is 0 Å².